The van der Waals surface area contributed by atoms with Gasteiger partial charge in [-0.05, 0) is 73.9 Å². The number of thioether (sulfide) groups is 1. The van der Waals surface area contributed by atoms with Crippen molar-refractivity contribution in [1.82, 2.24) is 4.90 Å². The van der Waals surface area contributed by atoms with Crippen molar-refractivity contribution >= 4 is 28.6 Å². The largest absolute Gasteiger partial charge is 0.450 e. The van der Waals surface area contributed by atoms with E-state index in [1.807, 2.05) is 56.5 Å². The van der Waals surface area contributed by atoms with Gasteiger partial charge in [-0.25, -0.2) is 0 Å². The molecule has 2 aliphatic rings. The van der Waals surface area contributed by atoms with Gasteiger partial charge in [-0.3, -0.25) is 9.59 Å². The van der Waals surface area contributed by atoms with Crippen molar-refractivity contribution in [3.8, 4) is 0 Å². The average molecular weight is 436 g/mol. The van der Waals surface area contributed by atoms with Crippen LogP contribution in [0.2, 0.25) is 0 Å². The summed E-state index contributed by atoms with van der Waals surface area (Å²) >= 11 is 1.66. The fourth-order valence-electron chi connectivity index (χ4n) is 4.60. The van der Waals surface area contributed by atoms with Gasteiger partial charge in [-0.1, -0.05) is 12.1 Å². The van der Waals surface area contributed by atoms with E-state index in [0.717, 1.165) is 34.4 Å². The van der Waals surface area contributed by atoms with E-state index in [4.69, 9.17) is 9.15 Å². The molecule has 2 aromatic carbocycles. The Morgan fingerprint density at radius 1 is 1.10 bits per heavy atom. The minimum absolute atomic E-state index is 0.0137. The van der Waals surface area contributed by atoms with Crippen molar-refractivity contribution in [2.45, 2.75) is 43.7 Å². The van der Waals surface area contributed by atoms with E-state index in [0.29, 0.717) is 29.7 Å². The number of nitrogens with zero attached hydrogens (tertiary/aromatic N) is 1. The van der Waals surface area contributed by atoms with Crippen LogP contribution in [0.15, 0.2) is 50.5 Å². The zero-order valence-corrected chi connectivity index (χ0v) is 18.8. The maximum absolute atomic E-state index is 13.6. The predicted molar refractivity (Wildman–Crippen MR) is 122 cm³/mol. The zero-order valence-electron chi connectivity index (χ0n) is 17.9. The molecule has 3 heterocycles. The van der Waals surface area contributed by atoms with Gasteiger partial charge in [0.05, 0.1) is 23.1 Å². The molecular weight excluding hydrogens is 410 g/mol. The summed E-state index contributed by atoms with van der Waals surface area (Å²) in [6.07, 6.45) is 3.92. The van der Waals surface area contributed by atoms with Gasteiger partial charge in [0, 0.05) is 18.0 Å². The van der Waals surface area contributed by atoms with Crippen LogP contribution in [0.25, 0.3) is 11.0 Å². The number of rotatable bonds is 4. The molecule has 1 aromatic heterocycles. The SMILES string of the molecule is CSc1ccc([C@H]2c3c(oc4cc(C)c(C)cc4c3=O)C(=O)N2C[C@@H]2CCCO2)cc1. The molecule has 0 saturated carbocycles. The molecule has 160 valence electrons. The average Bonchev–Trinajstić information content (AvgIpc) is 3.38. The van der Waals surface area contributed by atoms with Crippen LogP contribution in [-0.4, -0.2) is 36.3 Å². The number of hydrogen-bond donors (Lipinski definition) is 0. The smallest absolute Gasteiger partial charge is 0.291 e. The first-order chi connectivity index (χ1) is 15.0. The van der Waals surface area contributed by atoms with Crippen LogP contribution in [0, 0.1) is 13.8 Å². The molecule has 1 amide bonds. The number of carbonyl (C=O) groups excluding carboxylic acids is 1. The van der Waals surface area contributed by atoms with Gasteiger partial charge < -0.3 is 14.1 Å². The number of benzene rings is 2. The maximum atomic E-state index is 13.6. The topological polar surface area (TPSA) is 59.8 Å². The van der Waals surface area contributed by atoms with Crippen LogP contribution in [-0.2, 0) is 4.74 Å². The van der Waals surface area contributed by atoms with E-state index in [-0.39, 0.29) is 23.2 Å². The molecule has 5 rings (SSSR count). The Hall–Kier alpha value is -2.57. The molecular formula is C25H25NO4S. The first-order valence-corrected chi connectivity index (χ1v) is 11.8. The van der Waals surface area contributed by atoms with Crippen molar-refractivity contribution in [3.05, 3.63) is 74.6 Å². The summed E-state index contributed by atoms with van der Waals surface area (Å²) < 4.78 is 11.9. The standard InChI is InChI=1S/C25H25NO4S/c1-14-11-19-20(12-15(14)2)30-24-21(23(19)27)22(16-6-8-18(31-3)9-7-16)26(25(24)28)13-17-5-4-10-29-17/h6-9,11-12,17,22H,4-5,10,13H2,1-3H3/t17-,22-/m0/s1. The second kappa shape index (κ2) is 7.84. The first-order valence-electron chi connectivity index (χ1n) is 10.6. The lowest BCUT2D eigenvalue weighted by Gasteiger charge is -2.27. The van der Waals surface area contributed by atoms with Crippen molar-refractivity contribution in [2.75, 3.05) is 19.4 Å². The minimum Gasteiger partial charge on any atom is -0.450 e. The Balaban J connectivity index is 1.70. The second-order valence-electron chi connectivity index (χ2n) is 8.37. The van der Waals surface area contributed by atoms with Gasteiger partial charge in [0.15, 0.2) is 5.43 Å². The van der Waals surface area contributed by atoms with E-state index >= 15 is 0 Å². The highest BCUT2D eigenvalue weighted by molar-refractivity contribution is 7.98. The third kappa shape index (κ3) is 3.38. The van der Waals surface area contributed by atoms with Gasteiger partial charge in [0.1, 0.15) is 5.58 Å². The summed E-state index contributed by atoms with van der Waals surface area (Å²) in [4.78, 5) is 30.0. The summed E-state index contributed by atoms with van der Waals surface area (Å²) in [5, 5.41) is 0.527. The molecule has 6 heteroatoms. The molecule has 3 aromatic rings. The van der Waals surface area contributed by atoms with Crippen molar-refractivity contribution in [3.63, 3.8) is 0 Å². The Kier molecular flexibility index (Phi) is 5.15. The van der Waals surface area contributed by atoms with Crippen LogP contribution >= 0.6 is 11.8 Å². The van der Waals surface area contributed by atoms with Crippen molar-refractivity contribution in [2.24, 2.45) is 0 Å². The Morgan fingerprint density at radius 3 is 2.52 bits per heavy atom. The molecule has 1 fully saturated rings. The number of carbonyl (C=O) groups is 1. The van der Waals surface area contributed by atoms with Crippen molar-refractivity contribution in [1.29, 1.82) is 0 Å². The van der Waals surface area contributed by atoms with E-state index in [2.05, 4.69) is 0 Å². The number of hydrogen-bond acceptors (Lipinski definition) is 5. The number of fused-ring (bicyclic) bond motifs is 2. The minimum atomic E-state index is -0.468. The van der Waals surface area contributed by atoms with Gasteiger partial charge in [0.2, 0.25) is 5.76 Å². The van der Waals surface area contributed by atoms with E-state index in [1.54, 1.807) is 16.7 Å². The molecule has 2 aliphatic heterocycles. The lowest BCUT2D eigenvalue weighted by atomic mass is 9.97. The molecule has 0 N–H and O–H groups in total. The summed E-state index contributed by atoms with van der Waals surface area (Å²) in [7, 11) is 0. The van der Waals surface area contributed by atoms with Crippen LogP contribution in [0.4, 0.5) is 0 Å². The summed E-state index contributed by atoms with van der Waals surface area (Å²) in [6.45, 7) is 5.12. The number of amides is 1. The first kappa shape index (κ1) is 20.3. The Bertz CT molecular complexity index is 1220. The normalized spacial score (nSPS) is 20.6. The monoisotopic (exact) mass is 435 g/mol. The quantitative estimate of drug-likeness (QED) is 0.548. The third-order valence-corrected chi connectivity index (χ3v) is 7.18. The molecule has 0 radical (unpaired) electrons. The molecule has 0 aliphatic carbocycles. The maximum Gasteiger partial charge on any atom is 0.291 e. The molecule has 2 atom stereocenters. The van der Waals surface area contributed by atoms with E-state index < -0.39 is 6.04 Å². The molecule has 0 spiro atoms. The van der Waals surface area contributed by atoms with Gasteiger partial charge >= 0.3 is 0 Å². The zero-order chi connectivity index (χ0) is 21.7. The summed E-state index contributed by atoms with van der Waals surface area (Å²) in [5.74, 6) is -0.0700. The van der Waals surface area contributed by atoms with Crippen LogP contribution in [0.1, 0.15) is 51.7 Å². The van der Waals surface area contributed by atoms with Gasteiger partial charge in [-0.2, -0.15) is 0 Å². The predicted octanol–water partition coefficient (Wildman–Crippen LogP) is 4.86. The molecule has 31 heavy (non-hydrogen) atoms. The van der Waals surface area contributed by atoms with E-state index in [9.17, 15) is 9.59 Å². The van der Waals surface area contributed by atoms with Crippen LogP contribution in [0.3, 0.4) is 0 Å². The number of aryl methyl sites for hydroxylation is 2. The summed E-state index contributed by atoms with van der Waals surface area (Å²) in [5.41, 5.74) is 3.76. The third-order valence-electron chi connectivity index (χ3n) is 6.44. The molecule has 0 unspecified atom stereocenters. The van der Waals surface area contributed by atoms with Gasteiger partial charge in [0.25, 0.3) is 5.91 Å². The number of ether oxygens (including phenoxy) is 1. The fraction of sp³-hybridized carbons (Fsp3) is 0.360. The van der Waals surface area contributed by atoms with Crippen LogP contribution in [0.5, 0.6) is 0 Å². The highest BCUT2D eigenvalue weighted by Crippen LogP contribution is 2.39. The van der Waals surface area contributed by atoms with Gasteiger partial charge in [-0.15, -0.1) is 11.8 Å². The second-order valence-corrected chi connectivity index (χ2v) is 9.25. The lowest BCUT2D eigenvalue weighted by molar-refractivity contribution is 0.0486. The Morgan fingerprint density at radius 2 is 1.84 bits per heavy atom. The highest BCUT2D eigenvalue weighted by Gasteiger charge is 2.43. The lowest BCUT2D eigenvalue weighted by Crippen LogP contribution is -2.36. The fourth-order valence-corrected chi connectivity index (χ4v) is 5.01. The Labute approximate surface area is 185 Å². The van der Waals surface area contributed by atoms with E-state index in [1.165, 1.54) is 0 Å². The van der Waals surface area contributed by atoms with Crippen LogP contribution < -0.4 is 5.43 Å². The highest BCUT2D eigenvalue weighted by atomic mass is 32.2. The molecule has 5 nitrogen and oxygen atoms in total. The van der Waals surface area contributed by atoms with Crippen molar-refractivity contribution < 1.29 is 13.9 Å². The molecule has 0 bridgehead atoms. The summed E-state index contributed by atoms with van der Waals surface area (Å²) in [6, 6.07) is 11.3. The molecule has 1 saturated heterocycles.